The van der Waals surface area contributed by atoms with E-state index in [9.17, 15) is 4.79 Å². The molecule has 1 heterocycles. The van der Waals surface area contributed by atoms with Gasteiger partial charge < -0.3 is 10.2 Å². The van der Waals surface area contributed by atoms with Gasteiger partial charge in [0, 0.05) is 6.20 Å². The summed E-state index contributed by atoms with van der Waals surface area (Å²) in [5, 5.41) is 7.25. The minimum atomic E-state index is -0.0364. The molecule has 0 atom stereocenters. The zero-order chi connectivity index (χ0) is 14.7. The summed E-state index contributed by atoms with van der Waals surface area (Å²) in [6.07, 6.45) is 3.73. The first kappa shape index (κ1) is 14.3. The molecule has 0 spiro atoms. The topological polar surface area (TPSA) is 50.2 Å². The quantitative estimate of drug-likeness (QED) is 0.926. The number of carbonyl (C=O) groups excluding carboxylic acids is 1. The number of hydrogen-bond donors (Lipinski definition) is 1. The van der Waals surface area contributed by atoms with Crippen LogP contribution in [0.4, 0.5) is 5.69 Å². The predicted octanol–water partition coefficient (Wildman–Crippen LogP) is 1.99. The van der Waals surface area contributed by atoms with E-state index >= 15 is 0 Å². The highest BCUT2D eigenvalue weighted by molar-refractivity contribution is 5.94. The minimum Gasteiger partial charge on any atom is -0.323 e. The van der Waals surface area contributed by atoms with Crippen LogP contribution in [0.3, 0.4) is 0 Å². The van der Waals surface area contributed by atoms with Crippen LogP contribution in [0.15, 0.2) is 30.6 Å². The summed E-state index contributed by atoms with van der Waals surface area (Å²) >= 11 is 0. The molecule has 1 aromatic heterocycles. The number of rotatable bonds is 4. The van der Waals surface area contributed by atoms with E-state index in [1.807, 2.05) is 57.2 Å². The summed E-state index contributed by atoms with van der Waals surface area (Å²) in [5.41, 5.74) is 3.82. The lowest BCUT2D eigenvalue weighted by atomic mass is 10.2. The van der Waals surface area contributed by atoms with Crippen molar-refractivity contribution in [3.63, 3.8) is 0 Å². The van der Waals surface area contributed by atoms with Gasteiger partial charge in [-0.15, -0.1) is 0 Å². The SMILES string of the molecule is Cc1ccc(-n2cc(C)cn2)c(NC(=O)CN(C)C)c1. The van der Waals surface area contributed by atoms with Crippen molar-refractivity contribution in [2.24, 2.45) is 0 Å². The van der Waals surface area contributed by atoms with Gasteiger partial charge in [0.1, 0.15) is 0 Å². The van der Waals surface area contributed by atoms with E-state index in [1.54, 1.807) is 10.9 Å². The van der Waals surface area contributed by atoms with Gasteiger partial charge in [-0.2, -0.15) is 5.10 Å². The lowest BCUT2D eigenvalue weighted by Crippen LogP contribution is -2.27. The number of likely N-dealkylation sites (N-methyl/N-ethyl adjacent to an activating group) is 1. The average Bonchev–Trinajstić information content (AvgIpc) is 2.74. The molecule has 1 amide bonds. The maximum Gasteiger partial charge on any atom is 0.238 e. The number of nitrogens with zero attached hydrogens (tertiary/aromatic N) is 3. The van der Waals surface area contributed by atoms with Gasteiger partial charge >= 0.3 is 0 Å². The molecule has 2 aromatic rings. The third-order valence-corrected chi connectivity index (χ3v) is 2.84. The number of amides is 1. The van der Waals surface area contributed by atoms with Gasteiger partial charge in [0.25, 0.3) is 0 Å². The van der Waals surface area contributed by atoms with E-state index in [1.165, 1.54) is 0 Å². The number of anilines is 1. The van der Waals surface area contributed by atoms with Gasteiger partial charge in [-0.3, -0.25) is 4.79 Å². The number of aryl methyl sites for hydroxylation is 2. The second-order valence-electron chi connectivity index (χ2n) is 5.27. The standard InChI is InChI=1S/C15H20N4O/c1-11-5-6-14(19-9-12(2)8-16-19)13(7-11)17-15(20)10-18(3)4/h5-9H,10H2,1-4H3,(H,17,20). The van der Waals surface area contributed by atoms with Crippen LogP contribution in [-0.2, 0) is 4.79 Å². The molecule has 1 N–H and O–H groups in total. The normalized spacial score (nSPS) is 10.8. The molecular formula is C15H20N4O. The zero-order valence-corrected chi connectivity index (χ0v) is 12.3. The fourth-order valence-electron chi connectivity index (χ4n) is 1.97. The molecule has 20 heavy (non-hydrogen) atoms. The van der Waals surface area contributed by atoms with E-state index in [0.717, 1.165) is 22.5 Å². The molecule has 0 aliphatic carbocycles. The molecule has 5 nitrogen and oxygen atoms in total. The summed E-state index contributed by atoms with van der Waals surface area (Å²) < 4.78 is 1.78. The van der Waals surface area contributed by atoms with Gasteiger partial charge in [-0.1, -0.05) is 6.07 Å². The van der Waals surface area contributed by atoms with Crippen molar-refractivity contribution in [1.29, 1.82) is 0 Å². The van der Waals surface area contributed by atoms with Crippen molar-refractivity contribution >= 4 is 11.6 Å². The second-order valence-corrected chi connectivity index (χ2v) is 5.27. The monoisotopic (exact) mass is 272 g/mol. The summed E-state index contributed by atoms with van der Waals surface area (Å²) in [7, 11) is 3.74. The summed E-state index contributed by atoms with van der Waals surface area (Å²) in [4.78, 5) is 13.8. The van der Waals surface area contributed by atoms with E-state index in [-0.39, 0.29) is 5.91 Å². The molecule has 0 aliphatic rings. The molecule has 0 radical (unpaired) electrons. The van der Waals surface area contributed by atoms with Crippen molar-refractivity contribution in [2.45, 2.75) is 13.8 Å². The van der Waals surface area contributed by atoms with Gasteiger partial charge in [-0.05, 0) is 51.2 Å². The second kappa shape index (κ2) is 5.88. The predicted molar refractivity (Wildman–Crippen MR) is 80.2 cm³/mol. The van der Waals surface area contributed by atoms with Gasteiger partial charge in [0.2, 0.25) is 5.91 Å². The Kier molecular flexibility index (Phi) is 4.20. The molecule has 0 saturated carbocycles. The van der Waals surface area contributed by atoms with Crippen LogP contribution < -0.4 is 5.32 Å². The van der Waals surface area contributed by atoms with Crippen LogP contribution in [-0.4, -0.2) is 41.2 Å². The highest BCUT2D eigenvalue weighted by Crippen LogP contribution is 2.21. The van der Waals surface area contributed by atoms with Gasteiger partial charge in [0.15, 0.2) is 0 Å². The summed E-state index contributed by atoms with van der Waals surface area (Å²) in [6.45, 7) is 4.34. The Labute approximate surface area is 119 Å². The Morgan fingerprint density at radius 1 is 1.30 bits per heavy atom. The molecule has 1 aromatic carbocycles. The van der Waals surface area contributed by atoms with E-state index in [2.05, 4.69) is 10.4 Å². The number of benzene rings is 1. The molecule has 0 saturated heterocycles. The molecule has 0 fully saturated rings. The Morgan fingerprint density at radius 3 is 2.65 bits per heavy atom. The number of aromatic nitrogens is 2. The fraction of sp³-hybridized carbons (Fsp3) is 0.333. The molecule has 0 aliphatic heterocycles. The summed E-state index contributed by atoms with van der Waals surface area (Å²) in [6, 6.07) is 5.93. The third kappa shape index (κ3) is 3.45. The number of carbonyl (C=O) groups is 1. The first-order valence-electron chi connectivity index (χ1n) is 6.52. The van der Waals surface area contributed by atoms with Gasteiger partial charge in [-0.25, -0.2) is 4.68 Å². The maximum atomic E-state index is 11.9. The van der Waals surface area contributed by atoms with E-state index in [4.69, 9.17) is 0 Å². The number of nitrogens with one attached hydrogen (secondary N) is 1. The smallest absolute Gasteiger partial charge is 0.238 e. The van der Waals surface area contributed by atoms with Crippen LogP contribution in [0.1, 0.15) is 11.1 Å². The highest BCUT2D eigenvalue weighted by atomic mass is 16.2. The Hall–Kier alpha value is -2.14. The van der Waals surface area contributed by atoms with Crippen molar-refractivity contribution in [3.8, 4) is 5.69 Å². The maximum absolute atomic E-state index is 11.9. The van der Waals surface area contributed by atoms with E-state index in [0.29, 0.717) is 6.54 Å². The van der Waals surface area contributed by atoms with Crippen LogP contribution in [0.25, 0.3) is 5.69 Å². The first-order chi connectivity index (χ1) is 9.45. The van der Waals surface area contributed by atoms with E-state index < -0.39 is 0 Å². The highest BCUT2D eigenvalue weighted by Gasteiger charge is 2.10. The molecular weight excluding hydrogens is 252 g/mol. The van der Waals surface area contributed by atoms with Crippen molar-refractivity contribution < 1.29 is 4.79 Å². The molecule has 2 rings (SSSR count). The Morgan fingerprint density at radius 2 is 2.05 bits per heavy atom. The van der Waals surface area contributed by atoms with Crippen molar-refractivity contribution in [3.05, 3.63) is 41.7 Å². The Balaban J connectivity index is 2.31. The van der Waals surface area contributed by atoms with Gasteiger partial charge in [0.05, 0.1) is 24.1 Å². The van der Waals surface area contributed by atoms with Crippen molar-refractivity contribution in [1.82, 2.24) is 14.7 Å². The third-order valence-electron chi connectivity index (χ3n) is 2.84. The molecule has 106 valence electrons. The minimum absolute atomic E-state index is 0.0364. The molecule has 0 unspecified atom stereocenters. The van der Waals surface area contributed by atoms with Crippen LogP contribution in [0.2, 0.25) is 0 Å². The van der Waals surface area contributed by atoms with Crippen molar-refractivity contribution in [2.75, 3.05) is 26.0 Å². The lowest BCUT2D eigenvalue weighted by Gasteiger charge is -2.14. The Bertz CT molecular complexity index is 616. The average molecular weight is 272 g/mol. The lowest BCUT2D eigenvalue weighted by molar-refractivity contribution is -0.116. The largest absolute Gasteiger partial charge is 0.323 e. The fourth-order valence-corrected chi connectivity index (χ4v) is 1.97. The van der Waals surface area contributed by atoms with Crippen LogP contribution in [0, 0.1) is 13.8 Å². The summed E-state index contributed by atoms with van der Waals surface area (Å²) in [5.74, 6) is -0.0364. The first-order valence-corrected chi connectivity index (χ1v) is 6.52. The number of hydrogen-bond acceptors (Lipinski definition) is 3. The molecule has 5 heteroatoms. The zero-order valence-electron chi connectivity index (χ0n) is 12.3. The molecule has 0 bridgehead atoms. The van der Waals surface area contributed by atoms with Crippen LogP contribution >= 0.6 is 0 Å². The van der Waals surface area contributed by atoms with Crippen LogP contribution in [0.5, 0.6) is 0 Å².